The minimum Gasteiger partial charge on any atom is -0.403 e. The van der Waals surface area contributed by atoms with Gasteiger partial charge < -0.3 is 16.8 Å². The second-order valence-electron chi connectivity index (χ2n) is 2.30. The Morgan fingerprint density at radius 2 is 2.33 bits per heavy atom. The summed E-state index contributed by atoms with van der Waals surface area (Å²) in [4.78, 5) is 3.93. The molecule has 0 saturated heterocycles. The first-order valence-corrected chi connectivity index (χ1v) is 3.85. The Bertz CT molecular complexity index is 193. The molecule has 0 amide bonds. The number of rotatable bonds is 5. The predicted octanol–water partition coefficient (Wildman–Crippen LogP) is 0.287. The first kappa shape index (κ1) is 10.6. The molecule has 5 N–H and O–H groups in total. The van der Waals surface area contributed by atoms with Crippen LogP contribution >= 0.6 is 0 Å². The van der Waals surface area contributed by atoms with Gasteiger partial charge >= 0.3 is 0 Å². The number of nitrogens with two attached hydrogens (primary N) is 2. The van der Waals surface area contributed by atoms with Crippen LogP contribution in [0.15, 0.2) is 29.3 Å². The Kier molecular flexibility index (Phi) is 5.51. The molecule has 0 bridgehead atoms. The van der Waals surface area contributed by atoms with Gasteiger partial charge in [-0.1, -0.05) is 13.5 Å². The molecule has 68 valence electrons. The van der Waals surface area contributed by atoms with Crippen LogP contribution in [0.4, 0.5) is 0 Å². The van der Waals surface area contributed by atoms with Gasteiger partial charge in [0.05, 0.1) is 11.9 Å². The number of allylic oxidation sites excluding steroid dienone is 1. The molecular weight excluding hydrogens is 152 g/mol. The molecule has 0 saturated carbocycles. The molecule has 0 aromatic carbocycles. The summed E-state index contributed by atoms with van der Waals surface area (Å²) in [6.07, 6.45) is 3.79. The van der Waals surface area contributed by atoms with Crippen LogP contribution in [0.3, 0.4) is 0 Å². The highest BCUT2D eigenvalue weighted by Crippen LogP contribution is 1.86. The van der Waals surface area contributed by atoms with Gasteiger partial charge in [-0.3, -0.25) is 0 Å². The Hall–Kier alpha value is -1.45. The molecule has 0 spiro atoms. The van der Waals surface area contributed by atoms with E-state index in [-0.39, 0.29) is 0 Å². The van der Waals surface area contributed by atoms with E-state index in [1.807, 2.05) is 0 Å². The highest BCUT2D eigenvalue weighted by molar-refractivity contribution is 5.77. The van der Waals surface area contributed by atoms with E-state index in [1.165, 1.54) is 12.4 Å². The molecule has 4 heteroatoms. The quantitative estimate of drug-likeness (QED) is 0.516. The van der Waals surface area contributed by atoms with Crippen LogP contribution in [-0.2, 0) is 0 Å². The number of hydrogen-bond acceptors (Lipinski definition) is 4. The van der Waals surface area contributed by atoms with Gasteiger partial charge in [-0.15, -0.1) is 0 Å². The lowest BCUT2D eigenvalue weighted by Gasteiger charge is -2.01. The molecule has 0 fully saturated rings. The molecule has 0 heterocycles. The molecule has 0 rings (SSSR count). The van der Waals surface area contributed by atoms with Gasteiger partial charge in [0.1, 0.15) is 5.82 Å². The van der Waals surface area contributed by atoms with Gasteiger partial charge in [0.15, 0.2) is 0 Å². The van der Waals surface area contributed by atoms with Crippen LogP contribution in [0.25, 0.3) is 0 Å². The summed E-state index contributed by atoms with van der Waals surface area (Å²) in [5.74, 6) is 0.599. The van der Waals surface area contributed by atoms with E-state index < -0.39 is 0 Å². The zero-order valence-corrected chi connectivity index (χ0v) is 7.38. The van der Waals surface area contributed by atoms with Crippen LogP contribution in [0, 0.1) is 0 Å². The highest BCUT2D eigenvalue weighted by atomic mass is 15.0. The summed E-state index contributed by atoms with van der Waals surface area (Å²) >= 11 is 0. The average Bonchev–Trinajstić information content (AvgIpc) is 2.10. The minimum atomic E-state index is 0.425. The van der Waals surface area contributed by atoms with E-state index in [2.05, 4.69) is 23.8 Å². The van der Waals surface area contributed by atoms with Crippen molar-refractivity contribution in [2.75, 3.05) is 6.54 Å². The van der Waals surface area contributed by atoms with Gasteiger partial charge in [0.2, 0.25) is 0 Å². The molecule has 4 nitrogen and oxygen atoms in total. The van der Waals surface area contributed by atoms with Crippen molar-refractivity contribution in [3.05, 3.63) is 24.3 Å². The third kappa shape index (κ3) is 5.34. The van der Waals surface area contributed by atoms with E-state index in [4.69, 9.17) is 11.5 Å². The Labute approximate surface area is 73.0 Å². The molecule has 0 aliphatic carbocycles. The third-order valence-corrected chi connectivity index (χ3v) is 1.14. The molecule has 0 aliphatic heterocycles. The average molecular weight is 168 g/mol. The number of hydrogen-bond donors (Lipinski definition) is 3. The molecule has 0 aliphatic rings. The number of aliphatic imine (C=N–C) groups is 1. The van der Waals surface area contributed by atoms with E-state index in [1.54, 1.807) is 0 Å². The fourth-order valence-electron chi connectivity index (χ4n) is 0.510. The standard InChI is InChI=1S/C8H16N4/c1-3-4-11-7(2)12-6-8(10)5-9/h5-6,11H,2-4,9-10H2,1H3/b8-5+,12-6?. The van der Waals surface area contributed by atoms with Gasteiger partial charge in [-0.2, -0.15) is 0 Å². The van der Waals surface area contributed by atoms with Crippen molar-refractivity contribution in [3.8, 4) is 0 Å². The van der Waals surface area contributed by atoms with E-state index >= 15 is 0 Å². The van der Waals surface area contributed by atoms with Crippen molar-refractivity contribution < 1.29 is 0 Å². The smallest absolute Gasteiger partial charge is 0.118 e. The van der Waals surface area contributed by atoms with Gasteiger partial charge in [0, 0.05) is 12.7 Å². The summed E-state index contributed by atoms with van der Waals surface area (Å²) in [6.45, 7) is 6.60. The molecule has 0 aromatic rings. The van der Waals surface area contributed by atoms with Crippen molar-refractivity contribution >= 4 is 6.21 Å². The summed E-state index contributed by atoms with van der Waals surface area (Å²) in [5.41, 5.74) is 10.9. The lowest BCUT2D eigenvalue weighted by atomic mass is 10.5. The van der Waals surface area contributed by atoms with Crippen molar-refractivity contribution in [3.63, 3.8) is 0 Å². The molecule has 0 atom stereocenters. The monoisotopic (exact) mass is 168 g/mol. The molecule has 12 heavy (non-hydrogen) atoms. The van der Waals surface area contributed by atoms with Crippen LogP contribution in [0.2, 0.25) is 0 Å². The Balaban J connectivity index is 3.76. The zero-order valence-electron chi connectivity index (χ0n) is 7.38. The molecule has 0 unspecified atom stereocenters. The SMILES string of the molecule is C=C(N=C/C(N)=C\N)NCCC. The van der Waals surface area contributed by atoms with Crippen molar-refractivity contribution in [1.29, 1.82) is 0 Å². The largest absolute Gasteiger partial charge is 0.403 e. The van der Waals surface area contributed by atoms with Crippen LogP contribution in [0.1, 0.15) is 13.3 Å². The predicted molar refractivity (Wildman–Crippen MR) is 52.4 cm³/mol. The second kappa shape index (κ2) is 6.27. The van der Waals surface area contributed by atoms with Gasteiger partial charge in [-0.25, -0.2) is 4.99 Å². The summed E-state index contributed by atoms with van der Waals surface area (Å²) in [7, 11) is 0. The van der Waals surface area contributed by atoms with Crippen molar-refractivity contribution in [2.24, 2.45) is 16.5 Å². The Morgan fingerprint density at radius 1 is 1.67 bits per heavy atom. The fraction of sp³-hybridized carbons (Fsp3) is 0.375. The zero-order chi connectivity index (χ0) is 9.40. The number of nitrogens with zero attached hydrogens (tertiary/aromatic N) is 1. The van der Waals surface area contributed by atoms with E-state index in [0.29, 0.717) is 11.5 Å². The van der Waals surface area contributed by atoms with E-state index in [9.17, 15) is 0 Å². The van der Waals surface area contributed by atoms with Gasteiger partial charge in [-0.05, 0) is 6.42 Å². The van der Waals surface area contributed by atoms with Crippen LogP contribution in [-0.4, -0.2) is 12.8 Å². The third-order valence-electron chi connectivity index (χ3n) is 1.14. The maximum atomic E-state index is 5.37. The topological polar surface area (TPSA) is 76.4 Å². The Morgan fingerprint density at radius 3 is 2.83 bits per heavy atom. The van der Waals surface area contributed by atoms with E-state index in [0.717, 1.165) is 13.0 Å². The summed E-state index contributed by atoms with van der Waals surface area (Å²) in [6, 6.07) is 0. The highest BCUT2D eigenvalue weighted by Gasteiger charge is 1.85. The minimum absolute atomic E-state index is 0.425. The lowest BCUT2D eigenvalue weighted by molar-refractivity contribution is 0.765. The molecular formula is C8H16N4. The fourth-order valence-corrected chi connectivity index (χ4v) is 0.510. The first-order valence-electron chi connectivity index (χ1n) is 3.85. The van der Waals surface area contributed by atoms with Crippen molar-refractivity contribution in [2.45, 2.75) is 13.3 Å². The lowest BCUT2D eigenvalue weighted by Crippen LogP contribution is -2.12. The van der Waals surface area contributed by atoms with Crippen molar-refractivity contribution in [1.82, 2.24) is 5.32 Å². The number of nitrogens with one attached hydrogen (secondary N) is 1. The second-order valence-corrected chi connectivity index (χ2v) is 2.30. The van der Waals surface area contributed by atoms with Gasteiger partial charge in [0.25, 0.3) is 0 Å². The maximum absolute atomic E-state index is 5.37. The van der Waals surface area contributed by atoms with Crippen LogP contribution < -0.4 is 16.8 Å². The first-order chi connectivity index (χ1) is 5.70. The molecule has 0 aromatic heterocycles. The van der Waals surface area contributed by atoms with Crippen LogP contribution in [0.5, 0.6) is 0 Å². The summed E-state index contributed by atoms with van der Waals surface area (Å²) in [5, 5.41) is 3.00. The molecule has 0 radical (unpaired) electrons. The maximum Gasteiger partial charge on any atom is 0.118 e. The normalized spacial score (nSPS) is 11.9. The summed E-state index contributed by atoms with van der Waals surface area (Å²) < 4.78 is 0.